The van der Waals surface area contributed by atoms with Gasteiger partial charge in [0.25, 0.3) is 0 Å². The Morgan fingerprint density at radius 3 is 2.50 bits per heavy atom. The summed E-state index contributed by atoms with van der Waals surface area (Å²) in [6.45, 7) is 2.21. The van der Waals surface area contributed by atoms with Gasteiger partial charge in [-0.1, -0.05) is 0 Å². The van der Waals surface area contributed by atoms with E-state index >= 15 is 0 Å². The number of rotatable bonds is 6. The molecular formula is C7H18N2O. The second-order valence-electron chi connectivity index (χ2n) is 2.49. The minimum atomic E-state index is 0.494. The van der Waals surface area contributed by atoms with E-state index in [0.717, 1.165) is 26.0 Å². The zero-order valence-corrected chi connectivity index (χ0v) is 6.68. The van der Waals surface area contributed by atoms with E-state index in [0.29, 0.717) is 12.5 Å². The normalized spacial score (nSPS) is 13.5. The van der Waals surface area contributed by atoms with Crippen LogP contribution >= 0.6 is 0 Å². The second-order valence-corrected chi connectivity index (χ2v) is 2.49. The highest BCUT2D eigenvalue weighted by Crippen LogP contribution is 2.03. The van der Waals surface area contributed by atoms with Crippen molar-refractivity contribution < 1.29 is 4.74 Å². The van der Waals surface area contributed by atoms with E-state index in [1.807, 2.05) is 0 Å². The van der Waals surface area contributed by atoms with Crippen LogP contribution < -0.4 is 11.5 Å². The molecule has 1 unspecified atom stereocenters. The van der Waals surface area contributed by atoms with Gasteiger partial charge < -0.3 is 16.2 Å². The molecule has 0 saturated heterocycles. The predicted molar refractivity (Wildman–Crippen MR) is 42.7 cm³/mol. The third-order valence-corrected chi connectivity index (χ3v) is 1.55. The van der Waals surface area contributed by atoms with Crippen molar-refractivity contribution in [2.45, 2.75) is 12.8 Å². The standard InChI is InChI=1S/C7H18N2O/c1-10-6-7(5-9)3-2-4-8/h7H,2-6,8-9H2,1H3. The van der Waals surface area contributed by atoms with Crippen LogP contribution in [-0.2, 0) is 4.74 Å². The molecule has 0 fully saturated rings. The molecule has 0 saturated carbocycles. The highest BCUT2D eigenvalue weighted by atomic mass is 16.5. The lowest BCUT2D eigenvalue weighted by atomic mass is 10.1. The Morgan fingerprint density at radius 2 is 2.10 bits per heavy atom. The van der Waals surface area contributed by atoms with Crippen molar-refractivity contribution in [1.82, 2.24) is 0 Å². The fraction of sp³-hybridized carbons (Fsp3) is 1.00. The van der Waals surface area contributed by atoms with Crippen molar-refractivity contribution in [3.05, 3.63) is 0 Å². The summed E-state index contributed by atoms with van der Waals surface area (Å²) in [6.07, 6.45) is 2.13. The van der Waals surface area contributed by atoms with Crippen LogP contribution in [0, 0.1) is 5.92 Å². The molecule has 0 bridgehead atoms. The van der Waals surface area contributed by atoms with Gasteiger partial charge in [0.1, 0.15) is 0 Å². The maximum atomic E-state index is 5.48. The van der Waals surface area contributed by atoms with E-state index < -0.39 is 0 Å². The lowest BCUT2D eigenvalue weighted by molar-refractivity contribution is 0.150. The summed E-state index contributed by atoms with van der Waals surface area (Å²) >= 11 is 0. The van der Waals surface area contributed by atoms with Gasteiger partial charge in [0, 0.05) is 7.11 Å². The van der Waals surface area contributed by atoms with Crippen LogP contribution in [0.3, 0.4) is 0 Å². The summed E-state index contributed by atoms with van der Waals surface area (Å²) in [4.78, 5) is 0. The van der Waals surface area contributed by atoms with E-state index in [1.165, 1.54) is 0 Å². The SMILES string of the molecule is COCC(CN)CCCN. The lowest BCUT2D eigenvalue weighted by Gasteiger charge is -2.11. The Labute approximate surface area is 62.7 Å². The highest BCUT2D eigenvalue weighted by Gasteiger charge is 2.03. The number of ether oxygens (including phenoxy) is 1. The summed E-state index contributed by atoms with van der Waals surface area (Å²) in [5.74, 6) is 0.494. The minimum absolute atomic E-state index is 0.494. The number of nitrogens with two attached hydrogens (primary N) is 2. The molecule has 62 valence electrons. The molecule has 3 heteroatoms. The molecule has 0 rings (SSSR count). The van der Waals surface area contributed by atoms with Crippen LogP contribution in [0.2, 0.25) is 0 Å². The Balaban J connectivity index is 3.21. The average molecular weight is 146 g/mol. The first-order chi connectivity index (χ1) is 4.85. The molecular weight excluding hydrogens is 128 g/mol. The zero-order chi connectivity index (χ0) is 7.82. The maximum Gasteiger partial charge on any atom is 0.0502 e. The summed E-state index contributed by atoms with van der Waals surface area (Å²) < 4.78 is 4.97. The first-order valence-electron chi connectivity index (χ1n) is 3.74. The monoisotopic (exact) mass is 146 g/mol. The van der Waals surface area contributed by atoms with Crippen LogP contribution in [0.25, 0.3) is 0 Å². The fourth-order valence-corrected chi connectivity index (χ4v) is 0.911. The summed E-state index contributed by atoms with van der Waals surface area (Å²) in [6, 6.07) is 0. The largest absolute Gasteiger partial charge is 0.384 e. The van der Waals surface area contributed by atoms with Gasteiger partial charge in [0.05, 0.1) is 6.61 Å². The summed E-state index contributed by atoms with van der Waals surface area (Å²) in [5.41, 5.74) is 10.8. The fourth-order valence-electron chi connectivity index (χ4n) is 0.911. The van der Waals surface area contributed by atoms with Crippen molar-refractivity contribution in [1.29, 1.82) is 0 Å². The van der Waals surface area contributed by atoms with Crippen molar-refractivity contribution in [2.75, 3.05) is 26.8 Å². The molecule has 0 spiro atoms. The molecule has 0 radical (unpaired) electrons. The molecule has 4 N–H and O–H groups in total. The van der Waals surface area contributed by atoms with Crippen molar-refractivity contribution in [3.63, 3.8) is 0 Å². The first kappa shape index (κ1) is 9.88. The van der Waals surface area contributed by atoms with E-state index in [9.17, 15) is 0 Å². The smallest absolute Gasteiger partial charge is 0.0502 e. The van der Waals surface area contributed by atoms with Crippen LogP contribution in [0.1, 0.15) is 12.8 Å². The molecule has 0 aliphatic heterocycles. The van der Waals surface area contributed by atoms with E-state index in [2.05, 4.69) is 0 Å². The minimum Gasteiger partial charge on any atom is -0.384 e. The molecule has 0 aliphatic rings. The Morgan fingerprint density at radius 1 is 1.40 bits per heavy atom. The molecule has 0 aromatic heterocycles. The third-order valence-electron chi connectivity index (χ3n) is 1.55. The van der Waals surface area contributed by atoms with E-state index in [-0.39, 0.29) is 0 Å². The Bertz CT molecular complexity index is 68.6. The van der Waals surface area contributed by atoms with Gasteiger partial charge in [-0.3, -0.25) is 0 Å². The molecule has 3 nitrogen and oxygen atoms in total. The molecule has 0 aromatic rings. The highest BCUT2D eigenvalue weighted by molar-refractivity contribution is 4.58. The van der Waals surface area contributed by atoms with Gasteiger partial charge in [-0.2, -0.15) is 0 Å². The van der Waals surface area contributed by atoms with Gasteiger partial charge in [-0.05, 0) is 31.8 Å². The number of hydrogen-bond acceptors (Lipinski definition) is 3. The first-order valence-corrected chi connectivity index (χ1v) is 3.74. The molecule has 10 heavy (non-hydrogen) atoms. The van der Waals surface area contributed by atoms with Crippen LogP contribution in [0.4, 0.5) is 0 Å². The second kappa shape index (κ2) is 6.99. The molecule has 0 heterocycles. The average Bonchev–Trinajstić information content (AvgIpc) is 1.98. The molecule has 0 aromatic carbocycles. The zero-order valence-electron chi connectivity index (χ0n) is 6.68. The van der Waals surface area contributed by atoms with Crippen LogP contribution in [0.15, 0.2) is 0 Å². The van der Waals surface area contributed by atoms with Crippen LogP contribution in [0.5, 0.6) is 0 Å². The van der Waals surface area contributed by atoms with Crippen molar-refractivity contribution in [3.8, 4) is 0 Å². The molecule has 0 amide bonds. The Hall–Kier alpha value is -0.120. The molecule has 0 aliphatic carbocycles. The van der Waals surface area contributed by atoms with Gasteiger partial charge in [0.15, 0.2) is 0 Å². The number of methoxy groups -OCH3 is 1. The summed E-state index contributed by atoms with van der Waals surface area (Å²) in [5, 5.41) is 0. The summed E-state index contributed by atoms with van der Waals surface area (Å²) in [7, 11) is 1.70. The van der Waals surface area contributed by atoms with Gasteiger partial charge in [-0.15, -0.1) is 0 Å². The Kier molecular flexibility index (Phi) is 6.91. The quantitative estimate of drug-likeness (QED) is 0.552. The van der Waals surface area contributed by atoms with Crippen molar-refractivity contribution in [2.24, 2.45) is 17.4 Å². The lowest BCUT2D eigenvalue weighted by Crippen LogP contribution is -2.20. The van der Waals surface area contributed by atoms with E-state index in [4.69, 9.17) is 16.2 Å². The van der Waals surface area contributed by atoms with Gasteiger partial charge >= 0.3 is 0 Å². The number of hydrogen-bond donors (Lipinski definition) is 2. The predicted octanol–water partition coefficient (Wildman–Crippen LogP) is -0.0534. The van der Waals surface area contributed by atoms with Crippen LogP contribution in [-0.4, -0.2) is 26.8 Å². The van der Waals surface area contributed by atoms with Gasteiger partial charge in [0.2, 0.25) is 0 Å². The topological polar surface area (TPSA) is 61.3 Å². The van der Waals surface area contributed by atoms with E-state index in [1.54, 1.807) is 7.11 Å². The van der Waals surface area contributed by atoms with Crippen molar-refractivity contribution >= 4 is 0 Å². The van der Waals surface area contributed by atoms with Gasteiger partial charge in [-0.25, -0.2) is 0 Å². The molecule has 1 atom stereocenters. The maximum absolute atomic E-state index is 5.48. The third kappa shape index (κ3) is 4.73.